The summed E-state index contributed by atoms with van der Waals surface area (Å²) < 4.78 is 27.9. The summed E-state index contributed by atoms with van der Waals surface area (Å²) in [5.41, 5.74) is 0.542. The largest absolute Gasteiger partial charge is 0.480 e. The molecule has 2 rings (SSSR count). The first-order valence-corrected chi connectivity index (χ1v) is 5.89. The lowest BCUT2D eigenvalue weighted by Gasteiger charge is -2.20. The Hall–Kier alpha value is -1.98. The van der Waals surface area contributed by atoms with E-state index < -0.39 is 23.6 Å². The van der Waals surface area contributed by atoms with Crippen LogP contribution in [-0.2, 0) is 4.79 Å². The molecular formula is C13H14F2N2O2. The van der Waals surface area contributed by atoms with Crippen LogP contribution in [0.15, 0.2) is 12.1 Å². The zero-order valence-corrected chi connectivity index (χ0v) is 10.8. The van der Waals surface area contributed by atoms with Gasteiger partial charge in [0.25, 0.3) is 0 Å². The Morgan fingerprint density at radius 2 is 1.89 bits per heavy atom. The lowest BCUT2D eigenvalue weighted by molar-refractivity contribution is -0.142. The number of aliphatic carboxylic acids is 1. The number of carboxylic acid groups (broad SMARTS) is 1. The highest BCUT2D eigenvalue weighted by molar-refractivity contribution is 5.80. The zero-order chi connectivity index (χ0) is 14.3. The molecule has 0 aliphatic heterocycles. The molecule has 0 aliphatic carbocycles. The Bertz CT molecular complexity index is 650. The zero-order valence-electron chi connectivity index (χ0n) is 10.8. The van der Waals surface area contributed by atoms with Crippen molar-refractivity contribution in [3.8, 4) is 0 Å². The first kappa shape index (κ1) is 13.5. The summed E-state index contributed by atoms with van der Waals surface area (Å²) in [6, 6.07) is 1.10. The molecule has 1 heterocycles. The maximum atomic E-state index is 13.3. The number of nitrogens with zero attached hydrogens (tertiary/aromatic N) is 2. The Balaban J connectivity index is 2.75. The molecular weight excluding hydrogens is 254 g/mol. The third-order valence-electron chi connectivity index (χ3n) is 3.07. The number of rotatable bonds is 3. The predicted octanol–water partition coefficient (Wildman–Crippen LogP) is 2.90. The van der Waals surface area contributed by atoms with E-state index in [-0.39, 0.29) is 17.0 Å². The standard InChI is InChI=1S/C13H14F2N2O2/c1-6(2)12(13(18)19)17-7(3)16-10-4-8(14)9(15)5-11(10)17/h4-6,12H,1-3H3,(H,18,19). The van der Waals surface area contributed by atoms with E-state index in [0.717, 1.165) is 12.1 Å². The van der Waals surface area contributed by atoms with Crippen molar-refractivity contribution in [3.63, 3.8) is 0 Å². The second-order valence-corrected chi connectivity index (χ2v) is 4.81. The van der Waals surface area contributed by atoms with E-state index >= 15 is 0 Å². The summed E-state index contributed by atoms with van der Waals surface area (Å²) in [6.45, 7) is 5.13. The molecule has 0 saturated heterocycles. The van der Waals surface area contributed by atoms with Gasteiger partial charge in [-0.25, -0.2) is 18.6 Å². The van der Waals surface area contributed by atoms with Gasteiger partial charge in [0.1, 0.15) is 11.9 Å². The van der Waals surface area contributed by atoms with E-state index in [4.69, 9.17) is 0 Å². The number of benzene rings is 1. The van der Waals surface area contributed by atoms with Gasteiger partial charge in [0.2, 0.25) is 0 Å². The number of hydrogen-bond acceptors (Lipinski definition) is 2. The summed E-state index contributed by atoms with van der Waals surface area (Å²) in [5, 5.41) is 9.31. The van der Waals surface area contributed by atoms with Gasteiger partial charge in [-0.15, -0.1) is 0 Å². The molecule has 102 valence electrons. The van der Waals surface area contributed by atoms with E-state index in [9.17, 15) is 18.7 Å². The van der Waals surface area contributed by atoms with Gasteiger partial charge in [0.15, 0.2) is 11.6 Å². The molecule has 0 aliphatic rings. The minimum absolute atomic E-state index is 0.207. The second kappa shape index (κ2) is 4.60. The van der Waals surface area contributed by atoms with E-state index in [1.165, 1.54) is 4.57 Å². The highest BCUT2D eigenvalue weighted by atomic mass is 19.2. The van der Waals surface area contributed by atoms with Crippen LogP contribution in [0, 0.1) is 24.5 Å². The number of halogens is 2. The van der Waals surface area contributed by atoms with Crippen molar-refractivity contribution >= 4 is 17.0 Å². The normalized spacial score (nSPS) is 13.2. The monoisotopic (exact) mass is 268 g/mol. The molecule has 1 unspecified atom stereocenters. The molecule has 0 spiro atoms. The number of imidazole rings is 1. The number of hydrogen-bond donors (Lipinski definition) is 1. The third kappa shape index (κ3) is 2.18. The van der Waals surface area contributed by atoms with Crippen molar-refractivity contribution in [3.05, 3.63) is 29.6 Å². The van der Waals surface area contributed by atoms with Crippen LogP contribution in [0.3, 0.4) is 0 Å². The van der Waals surface area contributed by atoms with Gasteiger partial charge in [-0.3, -0.25) is 0 Å². The van der Waals surface area contributed by atoms with Gasteiger partial charge < -0.3 is 9.67 Å². The second-order valence-electron chi connectivity index (χ2n) is 4.81. The topological polar surface area (TPSA) is 55.1 Å². The number of aromatic nitrogens is 2. The number of carboxylic acids is 1. The van der Waals surface area contributed by atoms with Crippen molar-refractivity contribution in [2.24, 2.45) is 5.92 Å². The van der Waals surface area contributed by atoms with Crippen LogP contribution in [0.5, 0.6) is 0 Å². The van der Waals surface area contributed by atoms with Crippen LogP contribution < -0.4 is 0 Å². The molecule has 1 N–H and O–H groups in total. The molecule has 0 fully saturated rings. The molecule has 1 aromatic heterocycles. The van der Waals surface area contributed by atoms with Crippen LogP contribution in [0.1, 0.15) is 25.7 Å². The SMILES string of the molecule is Cc1nc2cc(F)c(F)cc2n1C(C(=O)O)C(C)C. The summed E-state index contributed by atoms with van der Waals surface area (Å²) in [5.74, 6) is -2.82. The minimum Gasteiger partial charge on any atom is -0.480 e. The van der Waals surface area contributed by atoms with Crippen LogP contribution in [0.25, 0.3) is 11.0 Å². The number of fused-ring (bicyclic) bond motifs is 1. The first-order chi connectivity index (χ1) is 8.82. The van der Waals surface area contributed by atoms with E-state index in [1.807, 2.05) is 0 Å². The van der Waals surface area contributed by atoms with Gasteiger partial charge in [-0.2, -0.15) is 0 Å². The van der Waals surface area contributed by atoms with Gasteiger partial charge in [-0.05, 0) is 12.8 Å². The highest BCUT2D eigenvalue weighted by Crippen LogP contribution is 2.27. The fraction of sp³-hybridized carbons (Fsp3) is 0.385. The van der Waals surface area contributed by atoms with Crippen LogP contribution in [0.2, 0.25) is 0 Å². The maximum absolute atomic E-state index is 13.3. The summed E-state index contributed by atoms with van der Waals surface area (Å²) in [4.78, 5) is 15.5. The molecule has 4 nitrogen and oxygen atoms in total. The summed E-state index contributed by atoms with van der Waals surface area (Å²) >= 11 is 0. The Morgan fingerprint density at radius 3 is 2.42 bits per heavy atom. The minimum atomic E-state index is -1.03. The van der Waals surface area contributed by atoms with Crippen molar-refractivity contribution in [1.29, 1.82) is 0 Å². The smallest absolute Gasteiger partial charge is 0.327 e. The van der Waals surface area contributed by atoms with E-state index in [0.29, 0.717) is 5.82 Å². The third-order valence-corrected chi connectivity index (χ3v) is 3.07. The van der Waals surface area contributed by atoms with E-state index in [1.54, 1.807) is 20.8 Å². The predicted molar refractivity (Wildman–Crippen MR) is 65.9 cm³/mol. The van der Waals surface area contributed by atoms with Crippen LogP contribution in [-0.4, -0.2) is 20.6 Å². The van der Waals surface area contributed by atoms with Gasteiger partial charge in [-0.1, -0.05) is 13.8 Å². The van der Waals surface area contributed by atoms with E-state index in [2.05, 4.69) is 4.98 Å². The fourth-order valence-corrected chi connectivity index (χ4v) is 2.26. The molecule has 2 aromatic rings. The Labute approximate surface area is 108 Å². The van der Waals surface area contributed by atoms with Crippen molar-refractivity contribution in [2.75, 3.05) is 0 Å². The lowest BCUT2D eigenvalue weighted by Crippen LogP contribution is -2.25. The quantitative estimate of drug-likeness (QED) is 0.931. The first-order valence-electron chi connectivity index (χ1n) is 5.89. The molecule has 0 bridgehead atoms. The average molecular weight is 268 g/mol. The Morgan fingerprint density at radius 1 is 1.32 bits per heavy atom. The summed E-state index contributed by atoms with van der Waals surface area (Å²) in [6.07, 6.45) is 0. The van der Waals surface area contributed by atoms with Crippen molar-refractivity contribution in [1.82, 2.24) is 9.55 Å². The number of aryl methyl sites for hydroxylation is 1. The summed E-state index contributed by atoms with van der Waals surface area (Å²) in [7, 11) is 0. The van der Waals surface area contributed by atoms with Crippen LogP contribution >= 0.6 is 0 Å². The average Bonchev–Trinajstić information content (AvgIpc) is 2.56. The molecule has 0 saturated carbocycles. The maximum Gasteiger partial charge on any atom is 0.327 e. The molecule has 0 amide bonds. The van der Waals surface area contributed by atoms with Gasteiger partial charge >= 0.3 is 5.97 Å². The highest BCUT2D eigenvalue weighted by Gasteiger charge is 2.27. The van der Waals surface area contributed by atoms with Crippen LogP contribution in [0.4, 0.5) is 8.78 Å². The molecule has 1 atom stereocenters. The molecule has 19 heavy (non-hydrogen) atoms. The molecule has 1 aromatic carbocycles. The number of carbonyl (C=O) groups is 1. The van der Waals surface area contributed by atoms with Gasteiger partial charge in [0, 0.05) is 12.1 Å². The Kier molecular flexibility index (Phi) is 3.26. The molecule has 0 radical (unpaired) electrons. The van der Waals surface area contributed by atoms with Crippen molar-refractivity contribution < 1.29 is 18.7 Å². The van der Waals surface area contributed by atoms with Crippen molar-refractivity contribution in [2.45, 2.75) is 26.8 Å². The van der Waals surface area contributed by atoms with Gasteiger partial charge in [0.05, 0.1) is 11.0 Å². The fourth-order valence-electron chi connectivity index (χ4n) is 2.26. The molecule has 6 heteroatoms. The lowest BCUT2D eigenvalue weighted by atomic mass is 10.0.